The zero-order valence-corrected chi connectivity index (χ0v) is 16.6. The van der Waals surface area contributed by atoms with Crippen molar-refractivity contribution in [3.63, 3.8) is 0 Å². The van der Waals surface area contributed by atoms with Crippen molar-refractivity contribution in [3.05, 3.63) is 96.7 Å². The molecule has 0 amide bonds. The molecule has 0 bridgehead atoms. The van der Waals surface area contributed by atoms with Crippen LogP contribution in [0.5, 0.6) is 0 Å². The molecular weight excluding hydrogens is 375 g/mol. The van der Waals surface area contributed by atoms with Crippen molar-refractivity contribution in [2.24, 2.45) is 0 Å². The van der Waals surface area contributed by atoms with Gasteiger partial charge in [-0.15, -0.1) is 0 Å². The van der Waals surface area contributed by atoms with Gasteiger partial charge >= 0.3 is 0 Å². The quantitative estimate of drug-likeness (QED) is 0.382. The average Bonchev–Trinajstić information content (AvgIpc) is 2.81. The van der Waals surface area contributed by atoms with Crippen LogP contribution in [0.1, 0.15) is 18.4 Å². The number of benzene rings is 2. The predicted octanol–water partition coefficient (Wildman–Crippen LogP) is 5.78. The molecule has 0 unspecified atom stereocenters. The third kappa shape index (κ3) is 5.06. The predicted molar refractivity (Wildman–Crippen MR) is 119 cm³/mol. The first-order valence-corrected chi connectivity index (χ1v) is 10.1. The smallest absolute Gasteiger partial charge is 0.223 e. The molecule has 4 rings (SSSR count). The van der Waals surface area contributed by atoms with Crippen LogP contribution in [0.3, 0.4) is 0 Å². The molecule has 0 radical (unpaired) electrons. The van der Waals surface area contributed by atoms with Gasteiger partial charge in [0.15, 0.2) is 0 Å². The van der Waals surface area contributed by atoms with Crippen LogP contribution in [0.4, 0.5) is 10.3 Å². The maximum absolute atomic E-state index is 13.4. The van der Waals surface area contributed by atoms with Gasteiger partial charge in [0.05, 0.1) is 5.69 Å². The molecule has 0 spiro atoms. The van der Waals surface area contributed by atoms with Gasteiger partial charge in [-0.25, -0.2) is 14.4 Å². The van der Waals surface area contributed by atoms with Crippen molar-refractivity contribution < 1.29 is 4.39 Å². The molecule has 1 N–H and O–H groups in total. The highest BCUT2D eigenvalue weighted by atomic mass is 19.1. The van der Waals surface area contributed by atoms with E-state index in [2.05, 4.69) is 39.6 Å². The van der Waals surface area contributed by atoms with Crippen LogP contribution in [0, 0.1) is 5.82 Å². The lowest BCUT2D eigenvalue weighted by Crippen LogP contribution is -2.07. The number of aromatic nitrogens is 3. The number of unbranched alkanes of at least 4 members (excludes halogenated alkanes) is 1. The van der Waals surface area contributed by atoms with Crippen LogP contribution in [0.15, 0.2) is 85.3 Å². The summed E-state index contributed by atoms with van der Waals surface area (Å²) in [5, 5.41) is 3.33. The number of aryl methyl sites for hydroxylation is 1. The van der Waals surface area contributed by atoms with Gasteiger partial charge in [0, 0.05) is 36.3 Å². The van der Waals surface area contributed by atoms with E-state index in [4.69, 9.17) is 4.98 Å². The molecule has 150 valence electrons. The second-order valence-electron chi connectivity index (χ2n) is 7.07. The molecule has 0 aliphatic rings. The summed E-state index contributed by atoms with van der Waals surface area (Å²) in [4.78, 5) is 13.3. The molecule has 0 atom stereocenters. The molecular formula is C25H23FN4. The van der Waals surface area contributed by atoms with Gasteiger partial charge in [0.1, 0.15) is 5.82 Å². The van der Waals surface area contributed by atoms with Crippen LogP contribution in [-0.2, 0) is 6.42 Å². The second-order valence-corrected chi connectivity index (χ2v) is 7.07. The van der Waals surface area contributed by atoms with Gasteiger partial charge < -0.3 is 5.32 Å². The maximum Gasteiger partial charge on any atom is 0.223 e. The molecule has 2 aromatic heterocycles. The average molecular weight is 398 g/mol. The van der Waals surface area contributed by atoms with Crippen LogP contribution in [-0.4, -0.2) is 21.5 Å². The van der Waals surface area contributed by atoms with E-state index in [1.807, 2.05) is 18.2 Å². The largest absolute Gasteiger partial charge is 0.354 e. The summed E-state index contributed by atoms with van der Waals surface area (Å²) in [6, 6.07) is 20.7. The highest BCUT2D eigenvalue weighted by Gasteiger charge is 2.12. The van der Waals surface area contributed by atoms with E-state index in [1.54, 1.807) is 30.7 Å². The van der Waals surface area contributed by atoms with E-state index in [0.29, 0.717) is 5.95 Å². The Morgan fingerprint density at radius 1 is 0.800 bits per heavy atom. The Kier molecular flexibility index (Phi) is 6.40. The number of hydrogen-bond donors (Lipinski definition) is 1. The van der Waals surface area contributed by atoms with Gasteiger partial charge in [-0.2, -0.15) is 0 Å². The third-order valence-electron chi connectivity index (χ3n) is 4.92. The first kappa shape index (κ1) is 19.7. The van der Waals surface area contributed by atoms with Crippen LogP contribution in [0.2, 0.25) is 0 Å². The Morgan fingerprint density at radius 2 is 1.57 bits per heavy atom. The van der Waals surface area contributed by atoms with Crippen molar-refractivity contribution in [2.45, 2.75) is 19.3 Å². The van der Waals surface area contributed by atoms with Crippen molar-refractivity contribution in [1.29, 1.82) is 0 Å². The van der Waals surface area contributed by atoms with E-state index in [-0.39, 0.29) is 5.82 Å². The number of halogens is 1. The number of hydrogen-bond acceptors (Lipinski definition) is 4. The highest BCUT2D eigenvalue weighted by molar-refractivity contribution is 5.80. The van der Waals surface area contributed by atoms with Gasteiger partial charge in [-0.3, -0.25) is 4.98 Å². The van der Waals surface area contributed by atoms with E-state index >= 15 is 0 Å². The van der Waals surface area contributed by atoms with Crippen molar-refractivity contribution in [3.8, 4) is 22.4 Å². The SMILES string of the molecule is Fc1ccc(-c2cnc(NCCCCc3ccccc3)nc2-c2ccncc2)cc1. The molecule has 5 heteroatoms. The van der Waals surface area contributed by atoms with E-state index in [1.165, 1.54) is 17.7 Å². The Balaban J connectivity index is 1.47. The van der Waals surface area contributed by atoms with Gasteiger partial charge in [0.25, 0.3) is 0 Å². The molecule has 2 heterocycles. The summed E-state index contributed by atoms with van der Waals surface area (Å²) in [5.41, 5.74) is 4.83. The lowest BCUT2D eigenvalue weighted by Gasteiger charge is -2.12. The number of nitrogens with one attached hydrogen (secondary N) is 1. The fourth-order valence-corrected chi connectivity index (χ4v) is 3.34. The Hall–Kier alpha value is -3.60. The van der Waals surface area contributed by atoms with E-state index < -0.39 is 0 Å². The third-order valence-corrected chi connectivity index (χ3v) is 4.92. The summed E-state index contributed by atoms with van der Waals surface area (Å²) in [6.07, 6.45) is 8.47. The van der Waals surface area contributed by atoms with Crippen LogP contribution in [0.25, 0.3) is 22.4 Å². The van der Waals surface area contributed by atoms with Crippen molar-refractivity contribution in [1.82, 2.24) is 15.0 Å². The summed E-state index contributed by atoms with van der Waals surface area (Å²) in [5.74, 6) is 0.325. The van der Waals surface area contributed by atoms with Crippen molar-refractivity contribution in [2.75, 3.05) is 11.9 Å². The van der Waals surface area contributed by atoms with Crippen LogP contribution >= 0.6 is 0 Å². The monoisotopic (exact) mass is 398 g/mol. The standard InChI is InChI=1S/C25H23FN4/c26-22-11-9-20(10-12-22)23-18-29-25(30-24(23)21-13-16-27-17-14-21)28-15-5-4-8-19-6-2-1-3-7-19/h1-3,6-7,9-14,16-18H,4-5,8,15H2,(H,28,29,30). The van der Waals surface area contributed by atoms with Gasteiger partial charge in [-0.05, 0) is 54.7 Å². The summed E-state index contributed by atoms with van der Waals surface area (Å²) < 4.78 is 13.4. The summed E-state index contributed by atoms with van der Waals surface area (Å²) >= 11 is 0. The molecule has 0 saturated carbocycles. The Morgan fingerprint density at radius 3 is 2.33 bits per heavy atom. The molecule has 4 aromatic rings. The summed E-state index contributed by atoms with van der Waals surface area (Å²) in [7, 11) is 0. The molecule has 0 aliphatic heterocycles. The van der Waals surface area contributed by atoms with Gasteiger partial charge in [0.2, 0.25) is 5.95 Å². The molecule has 0 fully saturated rings. The van der Waals surface area contributed by atoms with Crippen LogP contribution < -0.4 is 5.32 Å². The molecule has 0 aliphatic carbocycles. The number of rotatable bonds is 8. The molecule has 4 nitrogen and oxygen atoms in total. The van der Waals surface area contributed by atoms with Crippen molar-refractivity contribution >= 4 is 5.95 Å². The number of nitrogens with zero attached hydrogens (tertiary/aromatic N) is 3. The molecule has 30 heavy (non-hydrogen) atoms. The molecule has 2 aromatic carbocycles. The fourth-order valence-electron chi connectivity index (χ4n) is 3.34. The first-order valence-electron chi connectivity index (χ1n) is 10.1. The lowest BCUT2D eigenvalue weighted by molar-refractivity contribution is 0.628. The lowest BCUT2D eigenvalue weighted by atomic mass is 10.0. The Labute approximate surface area is 175 Å². The zero-order valence-electron chi connectivity index (χ0n) is 16.6. The van der Waals surface area contributed by atoms with E-state index in [0.717, 1.165) is 48.2 Å². The topological polar surface area (TPSA) is 50.7 Å². The number of anilines is 1. The molecule has 0 saturated heterocycles. The summed E-state index contributed by atoms with van der Waals surface area (Å²) in [6.45, 7) is 0.804. The van der Waals surface area contributed by atoms with Gasteiger partial charge in [-0.1, -0.05) is 42.5 Å². The minimum absolute atomic E-state index is 0.265. The Bertz CT molecular complexity index is 1070. The second kappa shape index (κ2) is 9.74. The fraction of sp³-hybridized carbons (Fsp3) is 0.160. The maximum atomic E-state index is 13.4. The van der Waals surface area contributed by atoms with E-state index in [9.17, 15) is 4.39 Å². The minimum atomic E-state index is -0.265. The first-order chi connectivity index (χ1) is 14.8. The highest BCUT2D eigenvalue weighted by Crippen LogP contribution is 2.30. The normalized spacial score (nSPS) is 10.7. The minimum Gasteiger partial charge on any atom is -0.354 e. The zero-order chi connectivity index (χ0) is 20.6. The number of pyridine rings is 1.